The molecule has 9 heteroatoms. The van der Waals surface area contributed by atoms with E-state index >= 15 is 0 Å². The number of hydrogen-bond acceptors (Lipinski definition) is 6. The summed E-state index contributed by atoms with van der Waals surface area (Å²) < 4.78 is 27.0. The molecule has 24 heavy (non-hydrogen) atoms. The Balaban J connectivity index is 2.43. The van der Waals surface area contributed by atoms with E-state index in [1.54, 1.807) is 11.9 Å². The summed E-state index contributed by atoms with van der Waals surface area (Å²) in [5, 5.41) is 13.9. The van der Waals surface area contributed by atoms with Crippen LogP contribution in [0.15, 0.2) is 24.5 Å². The van der Waals surface area contributed by atoms with Gasteiger partial charge in [-0.25, -0.2) is 18.7 Å². The summed E-state index contributed by atoms with van der Waals surface area (Å²) in [6.07, 6.45) is 2.89. The minimum Gasteiger partial charge on any atom is -0.354 e. The van der Waals surface area contributed by atoms with E-state index in [4.69, 9.17) is 0 Å². The second-order valence-corrected chi connectivity index (χ2v) is 5.18. The van der Waals surface area contributed by atoms with E-state index in [-0.39, 0.29) is 23.0 Å². The number of aromatic nitrogens is 2. The number of nitrogens with zero attached hydrogens (tertiary/aromatic N) is 4. The molecule has 0 bridgehead atoms. The Morgan fingerprint density at radius 3 is 2.75 bits per heavy atom. The quantitative estimate of drug-likeness (QED) is 0.613. The van der Waals surface area contributed by atoms with E-state index in [9.17, 15) is 18.9 Å². The van der Waals surface area contributed by atoms with Gasteiger partial charge in [-0.2, -0.15) is 0 Å². The Kier molecular flexibility index (Phi) is 5.56. The Morgan fingerprint density at radius 2 is 2.08 bits per heavy atom. The first-order valence-electron chi connectivity index (χ1n) is 7.36. The van der Waals surface area contributed by atoms with Gasteiger partial charge in [0, 0.05) is 19.7 Å². The van der Waals surface area contributed by atoms with Gasteiger partial charge in [0.1, 0.15) is 18.0 Å². The number of benzene rings is 1. The molecule has 0 atom stereocenters. The van der Waals surface area contributed by atoms with Crippen LogP contribution in [0.25, 0.3) is 0 Å². The fraction of sp³-hybridized carbons (Fsp3) is 0.333. The number of anilines is 3. The van der Waals surface area contributed by atoms with Gasteiger partial charge in [0.05, 0.1) is 10.6 Å². The lowest BCUT2D eigenvalue weighted by Crippen LogP contribution is -2.21. The van der Waals surface area contributed by atoms with Gasteiger partial charge < -0.3 is 10.2 Å². The van der Waals surface area contributed by atoms with Gasteiger partial charge in [-0.15, -0.1) is 0 Å². The third kappa shape index (κ3) is 3.92. The molecule has 0 amide bonds. The Bertz CT molecular complexity index is 742. The topological polar surface area (TPSA) is 84.2 Å². The van der Waals surface area contributed by atoms with Crippen LogP contribution in [0.3, 0.4) is 0 Å². The zero-order valence-electron chi connectivity index (χ0n) is 13.3. The first-order valence-corrected chi connectivity index (χ1v) is 7.36. The fourth-order valence-electron chi connectivity index (χ4n) is 2.13. The van der Waals surface area contributed by atoms with E-state index in [1.165, 1.54) is 0 Å². The van der Waals surface area contributed by atoms with Crippen LogP contribution < -0.4 is 10.2 Å². The van der Waals surface area contributed by atoms with Crippen molar-refractivity contribution in [2.24, 2.45) is 0 Å². The smallest absolute Gasteiger partial charge is 0.353 e. The number of rotatable bonds is 7. The largest absolute Gasteiger partial charge is 0.354 e. The van der Waals surface area contributed by atoms with Gasteiger partial charge in [0.2, 0.25) is 11.6 Å². The first kappa shape index (κ1) is 17.5. The highest BCUT2D eigenvalue weighted by atomic mass is 19.1. The number of nitro groups is 1. The van der Waals surface area contributed by atoms with Crippen LogP contribution in [0.1, 0.15) is 19.8 Å². The van der Waals surface area contributed by atoms with Crippen LogP contribution in [0.2, 0.25) is 0 Å². The molecule has 0 unspecified atom stereocenters. The van der Waals surface area contributed by atoms with Crippen LogP contribution in [0, 0.1) is 21.7 Å². The third-order valence-corrected chi connectivity index (χ3v) is 3.38. The van der Waals surface area contributed by atoms with Crippen molar-refractivity contribution in [3.63, 3.8) is 0 Å². The Labute approximate surface area is 137 Å². The minimum atomic E-state index is -0.745. The van der Waals surface area contributed by atoms with Crippen LogP contribution in [0.5, 0.6) is 0 Å². The second-order valence-electron chi connectivity index (χ2n) is 5.18. The van der Waals surface area contributed by atoms with Crippen molar-refractivity contribution in [3.05, 3.63) is 46.3 Å². The molecule has 0 aliphatic carbocycles. The van der Waals surface area contributed by atoms with E-state index in [2.05, 4.69) is 15.3 Å². The molecule has 0 saturated carbocycles. The van der Waals surface area contributed by atoms with Crippen molar-refractivity contribution < 1.29 is 13.7 Å². The second kappa shape index (κ2) is 7.62. The molecule has 1 heterocycles. The maximum atomic E-state index is 13.8. The fourth-order valence-corrected chi connectivity index (χ4v) is 2.13. The summed E-state index contributed by atoms with van der Waals surface area (Å²) in [5.41, 5.74) is -0.626. The van der Waals surface area contributed by atoms with Crippen molar-refractivity contribution in [2.75, 3.05) is 23.8 Å². The summed E-state index contributed by atoms with van der Waals surface area (Å²) in [6, 6.07) is 2.79. The van der Waals surface area contributed by atoms with Crippen molar-refractivity contribution in [2.45, 2.75) is 19.8 Å². The number of unbranched alkanes of at least 4 members (excludes halogenated alkanes) is 1. The molecule has 7 nitrogen and oxygen atoms in total. The van der Waals surface area contributed by atoms with Gasteiger partial charge in [-0.3, -0.25) is 10.1 Å². The monoisotopic (exact) mass is 337 g/mol. The van der Waals surface area contributed by atoms with Gasteiger partial charge >= 0.3 is 5.69 Å². The molecule has 0 saturated heterocycles. The molecule has 0 aliphatic rings. The molecule has 128 valence electrons. The van der Waals surface area contributed by atoms with Gasteiger partial charge in [-0.1, -0.05) is 13.3 Å². The lowest BCUT2D eigenvalue weighted by Gasteiger charge is -2.18. The first-order chi connectivity index (χ1) is 11.4. The van der Waals surface area contributed by atoms with E-state index in [0.717, 1.165) is 37.4 Å². The summed E-state index contributed by atoms with van der Waals surface area (Å²) in [7, 11) is 1.68. The molecule has 1 aromatic heterocycles. The molecule has 1 aromatic carbocycles. The summed E-state index contributed by atoms with van der Waals surface area (Å²) in [6.45, 7) is 2.57. The summed E-state index contributed by atoms with van der Waals surface area (Å²) >= 11 is 0. The molecule has 0 aliphatic heterocycles. The maximum Gasteiger partial charge on any atom is 0.353 e. The molecular weight excluding hydrogens is 320 g/mol. The highest BCUT2D eigenvalue weighted by Crippen LogP contribution is 2.33. The van der Waals surface area contributed by atoms with Gasteiger partial charge in [-0.05, 0) is 18.6 Å². The Hall–Kier alpha value is -2.84. The highest BCUT2D eigenvalue weighted by molar-refractivity contribution is 5.74. The normalized spacial score (nSPS) is 10.5. The maximum absolute atomic E-state index is 13.8. The van der Waals surface area contributed by atoms with E-state index < -0.39 is 16.6 Å². The van der Waals surface area contributed by atoms with Gasteiger partial charge in [0.15, 0.2) is 0 Å². The highest BCUT2D eigenvalue weighted by Gasteiger charge is 2.26. The number of halogens is 2. The van der Waals surface area contributed by atoms with Crippen LogP contribution in [-0.2, 0) is 0 Å². The third-order valence-electron chi connectivity index (χ3n) is 3.38. The average molecular weight is 337 g/mol. The summed E-state index contributed by atoms with van der Waals surface area (Å²) in [4.78, 5) is 20.2. The van der Waals surface area contributed by atoms with Crippen LogP contribution in [-0.4, -0.2) is 28.5 Å². The Morgan fingerprint density at radius 1 is 1.33 bits per heavy atom. The molecule has 2 rings (SSSR count). The lowest BCUT2D eigenvalue weighted by molar-refractivity contribution is -0.383. The molecule has 0 radical (unpaired) electrons. The van der Waals surface area contributed by atoms with Crippen molar-refractivity contribution >= 4 is 23.0 Å². The predicted molar refractivity (Wildman–Crippen MR) is 86.5 cm³/mol. The van der Waals surface area contributed by atoms with Crippen molar-refractivity contribution in [1.82, 2.24) is 9.97 Å². The van der Waals surface area contributed by atoms with Crippen LogP contribution in [0.4, 0.5) is 31.8 Å². The zero-order valence-corrected chi connectivity index (χ0v) is 13.3. The van der Waals surface area contributed by atoms with Crippen LogP contribution >= 0.6 is 0 Å². The molecular formula is C15H17F2N5O2. The summed E-state index contributed by atoms with van der Waals surface area (Å²) in [5.74, 6) is -1.50. The SMILES string of the molecule is CCCCN(C)c1ncnc(Nc2cc(F)ccc2F)c1[N+](=O)[O-]. The lowest BCUT2D eigenvalue weighted by atomic mass is 10.2. The van der Waals surface area contributed by atoms with Gasteiger partial charge in [0.25, 0.3) is 0 Å². The average Bonchev–Trinajstić information content (AvgIpc) is 2.55. The van der Waals surface area contributed by atoms with E-state index in [0.29, 0.717) is 6.54 Å². The van der Waals surface area contributed by atoms with Crippen molar-refractivity contribution in [3.8, 4) is 0 Å². The predicted octanol–water partition coefficient (Wildman–Crippen LogP) is 3.64. The molecule has 0 spiro atoms. The zero-order chi connectivity index (χ0) is 17.7. The molecule has 1 N–H and O–H groups in total. The number of hydrogen-bond donors (Lipinski definition) is 1. The van der Waals surface area contributed by atoms with Crippen molar-refractivity contribution in [1.29, 1.82) is 0 Å². The minimum absolute atomic E-state index is 0.114. The van der Waals surface area contributed by atoms with E-state index in [1.807, 2.05) is 6.92 Å². The standard InChI is InChI=1S/C15H17F2N5O2/c1-3-4-7-21(2)15-13(22(23)24)14(18-9-19-15)20-12-8-10(16)5-6-11(12)17/h5-6,8-9H,3-4,7H2,1-2H3,(H,18,19,20). The molecule has 2 aromatic rings. The number of nitrogens with one attached hydrogen (secondary N) is 1. The molecule has 0 fully saturated rings.